The van der Waals surface area contributed by atoms with Gasteiger partial charge in [-0.15, -0.1) is 0 Å². The molecule has 0 amide bonds. The van der Waals surface area contributed by atoms with E-state index in [4.69, 9.17) is 16.7 Å². The van der Waals surface area contributed by atoms with Gasteiger partial charge in [0.05, 0.1) is 10.6 Å². The van der Waals surface area contributed by atoms with E-state index in [0.29, 0.717) is 6.20 Å². The number of carboxylic acids is 1. The molecular weight excluding hydrogens is 285 g/mol. The molecule has 1 heterocycles. The lowest BCUT2D eigenvalue weighted by molar-refractivity contribution is -0.138. The standard InChI is InChI=1S/C11H10ClF3N2O2/c12-8-3-6(11(13,14)15)4-16-10(8)17(5-9(18)19)7-1-2-7/h3-4,7H,1-2,5H2,(H,18,19). The zero-order valence-electron chi connectivity index (χ0n) is 9.62. The first-order valence-electron chi connectivity index (χ1n) is 5.50. The quantitative estimate of drug-likeness (QED) is 0.928. The van der Waals surface area contributed by atoms with Gasteiger partial charge in [0.2, 0.25) is 0 Å². The van der Waals surface area contributed by atoms with Crippen molar-refractivity contribution in [3.05, 3.63) is 22.8 Å². The lowest BCUT2D eigenvalue weighted by Crippen LogP contribution is -2.32. The van der Waals surface area contributed by atoms with Gasteiger partial charge in [0.1, 0.15) is 12.4 Å². The number of hydrogen-bond donors (Lipinski definition) is 1. The number of halogens is 4. The number of aliphatic carboxylic acids is 1. The average Bonchev–Trinajstić information content (AvgIpc) is 3.08. The Labute approximate surface area is 111 Å². The number of carboxylic acid groups (broad SMARTS) is 1. The number of anilines is 1. The Kier molecular flexibility index (Phi) is 3.58. The molecule has 19 heavy (non-hydrogen) atoms. The second-order valence-corrected chi connectivity index (χ2v) is 4.69. The highest BCUT2D eigenvalue weighted by Gasteiger charge is 2.35. The molecule has 2 rings (SSSR count). The summed E-state index contributed by atoms with van der Waals surface area (Å²) >= 11 is 5.79. The number of aromatic nitrogens is 1. The number of carbonyl (C=O) groups is 1. The van der Waals surface area contributed by atoms with Crippen LogP contribution in [0.4, 0.5) is 19.0 Å². The molecule has 0 aromatic carbocycles. The van der Waals surface area contributed by atoms with Crippen LogP contribution >= 0.6 is 11.6 Å². The van der Waals surface area contributed by atoms with E-state index < -0.39 is 17.7 Å². The van der Waals surface area contributed by atoms with Crippen LogP contribution < -0.4 is 4.90 Å². The van der Waals surface area contributed by atoms with Gasteiger partial charge >= 0.3 is 12.1 Å². The first-order valence-corrected chi connectivity index (χ1v) is 5.88. The highest BCUT2D eigenvalue weighted by atomic mass is 35.5. The van der Waals surface area contributed by atoms with Crippen molar-refractivity contribution in [1.29, 1.82) is 0 Å². The molecule has 1 fully saturated rings. The smallest absolute Gasteiger partial charge is 0.417 e. The topological polar surface area (TPSA) is 53.4 Å². The van der Waals surface area contributed by atoms with Crippen molar-refractivity contribution >= 4 is 23.4 Å². The average molecular weight is 295 g/mol. The Hall–Kier alpha value is -1.50. The fraction of sp³-hybridized carbons (Fsp3) is 0.455. The monoisotopic (exact) mass is 294 g/mol. The summed E-state index contributed by atoms with van der Waals surface area (Å²) in [4.78, 5) is 15.9. The molecule has 8 heteroatoms. The van der Waals surface area contributed by atoms with Gasteiger partial charge in [-0.05, 0) is 18.9 Å². The van der Waals surface area contributed by atoms with Crippen LogP contribution in [0.2, 0.25) is 5.02 Å². The van der Waals surface area contributed by atoms with Crippen molar-refractivity contribution in [1.82, 2.24) is 4.98 Å². The van der Waals surface area contributed by atoms with Gasteiger partial charge in [-0.25, -0.2) is 4.98 Å². The Bertz CT molecular complexity index is 503. The summed E-state index contributed by atoms with van der Waals surface area (Å²) in [7, 11) is 0. The number of nitrogens with zero attached hydrogens (tertiary/aromatic N) is 2. The minimum absolute atomic E-state index is 0.0159. The molecule has 1 saturated carbocycles. The number of hydrogen-bond acceptors (Lipinski definition) is 3. The second kappa shape index (κ2) is 4.88. The predicted molar refractivity (Wildman–Crippen MR) is 62.3 cm³/mol. The first-order chi connectivity index (χ1) is 8.79. The maximum atomic E-state index is 12.5. The van der Waals surface area contributed by atoms with Crippen molar-refractivity contribution in [3.8, 4) is 0 Å². The minimum Gasteiger partial charge on any atom is -0.480 e. The van der Waals surface area contributed by atoms with Crippen LogP contribution in [-0.2, 0) is 11.0 Å². The van der Waals surface area contributed by atoms with Crippen LogP contribution in [0.25, 0.3) is 0 Å². The molecule has 4 nitrogen and oxygen atoms in total. The number of rotatable bonds is 4. The molecule has 1 N–H and O–H groups in total. The summed E-state index contributed by atoms with van der Waals surface area (Å²) in [5.74, 6) is -0.996. The third kappa shape index (κ3) is 3.28. The van der Waals surface area contributed by atoms with E-state index in [1.807, 2.05) is 0 Å². The molecule has 0 radical (unpaired) electrons. The summed E-state index contributed by atoms with van der Waals surface area (Å²) in [6, 6.07) is 0.749. The third-order valence-corrected chi connectivity index (χ3v) is 2.99. The second-order valence-electron chi connectivity index (χ2n) is 4.28. The van der Waals surface area contributed by atoms with Crippen LogP contribution in [0, 0.1) is 0 Å². The fourth-order valence-electron chi connectivity index (χ4n) is 1.71. The SMILES string of the molecule is O=C(O)CN(c1ncc(C(F)(F)F)cc1Cl)C1CC1. The van der Waals surface area contributed by atoms with Crippen molar-refractivity contribution in [2.75, 3.05) is 11.4 Å². The van der Waals surface area contributed by atoms with E-state index in [1.54, 1.807) is 0 Å². The van der Waals surface area contributed by atoms with E-state index >= 15 is 0 Å². The molecule has 0 saturated heterocycles. The molecule has 0 bridgehead atoms. The Morgan fingerprint density at radius 1 is 1.53 bits per heavy atom. The predicted octanol–water partition coefficient (Wildman–Crippen LogP) is 2.81. The molecule has 1 aliphatic rings. The van der Waals surface area contributed by atoms with Crippen molar-refractivity contribution in [3.63, 3.8) is 0 Å². The van der Waals surface area contributed by atoms with E-state index in [1.165, 1.54) is 4.90 Å². The largest absolute Gasteiger partial charge is 0.480 e. The van der Waals surface area contributed by atoms with E-state index in [0.717, 1.165) is 18.9 Å². The Morgan fingerprint density at radius 3 is 2.58 bits per heavy atom. The van der Waals surface area contributed by atoms with Gasteiger partial charge in [-0.3, -0.25) is 4.79 Å². The van der Waals surface area contributed by atoms with E-state index in [9.17, 15) is 18.0 Å². The van der Waals surface area contributed by atoms with E-state index in [-0.39, 0.29) is 23.4 Å². The number of pyridine rings is 1. The summed E-state index contributed by atoms with van der Waals surface area (Å²) in [6.45, 7) is -0.331. The van der Waals surface area contributed by atoms with Gasteiger partial charge < -0.3 is 10.0 Å². The molecule has 0 unspecified atom stereocenters. The van der Waals surface area contributed by atoms with Crippen LogP contribution in [0.3, 0.4) is 0 Å². The maximum absolute atomic E-state index is 12.5. The first kappa shape index (κ1) is 13.9. The fourth-order valence-corrected chi connectivity index (χ4v) is 1.98. The summed E-state index contributed by atoms with van der Waals surface area (Å²) in [6.07, 6.45) is -2.29. The summed E-state index contributed by atoms with van der Waals surface area (Å²) in [5, 5.41) is 8.61. The summed E-state index contributed by atoms with van der Waals surface area (Å²) in [5.41, 5.74) is -0.952. The van der Waals surface area contributed by atoms with Gasteiger partial charge in [-0.1, -0.05) is 11.6 Å². The highest BCUT2D eigenvalue weighted by molar-refractivity contribution is 6.33. The van der Waals surface area contributed by atoms with Crippen LogP contribution in [-0.4, -0.2) is 28.6 Å². The molecule has 1 aliphatic carbocycles. The lowest BCUT2D eigenvalue weighted by atomic mass is 10.2. The molecule has 104 valence electrons. The van der Waals surface area contributed by atoms with Gasteiger partial charge in [0, 0.05) is 12.2 Å². The molecule has 0 aliphatic heterocycles. The van der Waals surface area contributed by atoms with Crippen LogP contribution in [0.15, 0.2) is 12.3 Å². The lowest BCUT2D eigenvalue weighted by Gasteiger charge is -2.22. The Morgan fingerprint density at radius 2 is 2.16 bits per heavy atom. The molecule has 1 aromatic heterocycles. The maximum Gasteiger partial charge on any atom is 0.417 e. The molecule has 1 aromatic rings. The highest BCUT2D eigenvalue weighted by Crippen LogP contribution is 2.37. The zero-order chi connectivity index (χ0) is 14.2. The van der Waals surface area contributed by atoms with E-state index in [2.05, 4.69) is 4.98 Å². The van der Waals surface area contributed by atoms with Crippen LogP contribution in [0.5, 0.6) is 0 Å². The molecular formula is C11H10ClF3N2O2. The minimum atomic E-state index is -4.52. The zero-order valence-corrected chi connectivity index (χ0v) is 10.4. The van der Waals surface area contributed by atoms with Crippen LogP contribution in [0.1, 0.15) is 18.4 Å². The van der Waals surface area contributed by atoms with Gasteiger partial charge in [0.25, 0.3) is 0 Å². The number of alkyl halides is 3. The molecule has 0 atom stereocenters. The van der Waals surface area contributed by atoms with Crippen molar-refractivity contribution in [2.45, 2.75) is 25.1 Å². The van der Waals surface area contributed by atoms with Crippen molar-refractivity contribution in [2.24, 2.45) is 0 Å². The third-order valence-electron chi connectivity index (χ3n) is 2.71. The van der Waals surface area contributed by atoms with Gasteiger partial charge in [0.15, 0.2) is 0 Å². The molecule has 0 spiro atoms. The normalized spacial score (nSPS) is 15.4. The Balaban J connectivity index is 2.30. The van der Waals surface area contributed by atoms with Crippen molar-refractivity contribution < 1.29 is 23.1 Å². The summed E-state index contributed by atoms with van der Waals surface area (Å²) < 4.78 is 37.4. The van der Waals surface area contributed by atoms with Gasteiger partial charge in [-0.2, -0.15) is 13.2 Å².